The molecule has 0 aliphatic rings. The number of carbonyl (C=O) groups is 5. The van der Waals surface area contributed by atoms with Crippen molar-refractivity contribution in [1.82, 2.24) is 35.3 Å². The van der Waals surface area contributed by atoms with Gasteiger partial charge in [0, 0.05) is 38.6 Å². The van der Waals surface area contributed by atoms with E-state index < -0.39 is 49.4 Å². The lowest BCUT2D eigenvalue weighted by atomic mass is 10.3. The smallest absolute Gasteiger partial charge is 0.317 e. The summed E-state index contributed by atoms with van der Waals surface area (Å²) in [6.45, 7) is -1.15. The van der Waals surface area contributed by atoms with E-state index in [0.29, 0.717) is 11.4 Å². The van der Waals surface area contributed by atoms with E-state index >= 15 is 0 Å². The zero-order valence-corrected chi connectivity index (χ0v) is 22.5. The Bertz CT molecular complexity index is 1060. The molecule has 2 amide bonds. The normalized spacial score (nSPS) is 11.0. The maximum Gasteiger partial charge on any atom is 0.317 e. The minimum Gasteiger partial charge on any atom is -0.480 e. The number of carboxylic acid groups (broad SMARTS) is 3. The summed E-state index contributed by atoms with van der Waals surface area (Å²) in [7, 11) is 0. The predicted molar refractivity (Wildman–Crippen MR) is 144 cm³/mol. The number of carbonyl (C=O) groups excluding carboxylic acids is 2. The van der Waals surface area contributed by atoms with Crippen LogP contribution in [0.4, 0.5) is 0 Å². The minimum atomic E-state index is -1.16. The summed E-state index contributed by atoms with van der Waals surface area (Å²) in [6.07, 6.45) is 3.17. The lowest BCUT2D eigenvalue weighted by molar-refractivity contribution is -0.141. The lowest BCUT2D eigenvalue weighted by Crippen LogP contribution is -2.47. The maximum absolute atomic E-state index is 12.4. The summed E-state index contributed by atoms with van der Waals surface area (Å²) in [5.41, 5.74) is 1.27. The van der Waals surface area contributed by atoms with Gasteiger partial charge in [-0.3, -0.25) is 48.6 Å². The van der Waals surface area contributed by atoms with Crippen LogP contribution < -0.4 is 10.6 Å². The first kappa shape index (κ1) is 32.7. The van der Waals surface area contributed by atoms with E-state index in [0.717, 1.165) is 0 Å². The molecule has 222 valence electrons. The zero-order valence-electron chi connectivity index (χ0n) is 22.5. The maximum atomic E-state index is 12.4. The molecule has 0 saturated carbocycles. The minimum absolute atomic E-state index is 0.0556. The molecule has 0 radical (unpaired) electrons. The van der Waals surface area contributed by atoms with Crippen LogP contribution in [0.15, 0.2) is 48.8 Å². The number of aromatic nitrogens is 2. The fourth-order valence-electron chi connectivity index (χ4n) is 3.74. The molecule has 0 spiro atoms. The van der Waals surface area contributed by atoms with Crippen molar-refractivity contribution in [2.24, 2.45) is 0 Å². The third-order valence-corrected chi connectivity index (χ3v) is 5.66. The molecular formula is C26H35N7O8. The summed E-state index contributed by atoms with van der Waals surface area (Å²) >= 11 is 0. The van der Waals surface area contributed by atoms with Crippen molar-refractivity contribution in [3.63, 3.8) is 0 Å². The molecule has 0 atom stereocenters. The van der Waals surface area contributed by atoms with Crippen molar-refractivity contribution in [1.29, 1.82) is 0 Å². The highest BCUT2D eigenvalue weighted by atomic mass is 16.4. The number of pyridine rings is 2. The molecule has 0 bridgehead atoms. The van der Waals surface area contributed by atoms with Crippen LogP contribution in [0.3, 0.4) is 0 Å². The summed E-state index contributed by atoms with van der Waals surface area (Å²) in [4.78, 5) is 71.4. The fraction of sp³-hybridized carbons (Fsp3) is 0.423. The van der Waals surface area contributed by atoms with Crippen LogP contribution in [0.1, 0.15) is 11.4 Å². The zero-order chi connectivity index (χ0) is 30.0. The van der Waals surface area contributed by atoms with Gasteiger partial charge in [0.15, 0.2) is 0 Å². The topological polar surface area (TPSA) is 206 Å². The summed E-state index contributed by atoms with van der Waals surface area (Å²) in [5.74, 6) is -4.30. The van der Waals surface area contributed by atoms with E-state index in [1.165, 1.54) is 14.7 Å². The predicted octanol–water partition coefficient (Wildman–Crippen LogP) is -1.43. The number of hydrogen-bond donors (Lipinski definition) is 5. The van der Waals surface area contributed by atoms with Gasteiger partial charge in [-0.1, -0.05) is 12.1 Å². The third-order valence-electron chi connectivity index (χ3n) is 5.66. The van der Waals surface area contributed by atoms with Crippen LogP contribution in [0.5, 0.6) is 0 Å². The molecule has 15 heteroatoms. The number of amides is 2. The quantitative estimate of drug-likeness (QED) is 0.123. The summed E-state index contributed by atoms with van der Waals surface area (Å²) in [5, 5.41) is 33.3. The van der Waals surface area contributed by atoms with Gasteiger partial charge >= 0.3 is 17.9 Å². The van der Waals surface area contributed by atoms with Crippen LogP contribution in [-0.4, -0.2) is 129 Å². The molecular weight excluding hydrogens is 538 g/mol. The van der Waals surface area contributed by atoms with Crippen molar-refractivity contribution in [2.75, 3.05) is 58.9 Å². The number of aliphatic carboxylic acids is 3. The largest absolute Gasteiger partial charge is 0.480 e. The second-order valence-corrected chi connectivity index (χ2v) is 9.07. The van der Waals surface area contributed by atoms with Gasteiger partial charge in [-0.25, -0.2) is 0 Å². The van der Waals surface area contributed by atoms with E-state index in [1.54, 1.807) is 48.8 Å². The van der Waals surface area contributed by atoms with E-state index in [1.807, 2.05) is 0 Å². The molecule has 0 aliphatic carbocycles. The van der Waals surface area contributed by atoms with Gasteiger partial charge < -0.3 is 26.0 Å². The van der Waals surface area contributed by atoms with Gasteiger partial charge in [-0.15, -0.1) is 0 Å². The van der Waals surface area contributed by atoms with Gasteiger partial charge in [-0.2, -0.15) is 0 Å². The highest BCUT2D eigenvalue weighted by Gasteiger charge is 2.20. The molecule has 0 fully saturated rings. The SMILES string of the molecule is O=C(O)CN(CCN(CC(=O)O)CC(=O)NCc1ccccn1)CCN(CC(=O)O)CC(=O)NCc1ccccn1. The van der Waals surface area contributed by atoms with E-state index in [9.17, 15) is 39.3 Å². The van der Waals surface area contributed by atoms with Gasteiger partial charge in [-0.05, 0) is 24.3 Å². The average molecular weight is 574 g/mol. The molecule has 5 N–H and O–H groups in total. The number of nitrogens with zero attached hydrogens (tertiary/aromatic N) is 5. The average Bonchev–Trinajstić information content (AvgIpc) is 2.92. The number of hydrogen-bond acceptors (Lipinski definition) is 10. The van der Waals surface area contributed by atoms with Crippen LogP contribution in [0.25, 0.3) is 0 Å². The molecule has 41 heavy (non-hydrogen) atoms. The Hall–Kier alpha value is -4.47. The fourth-order valence-corrected chi connectivity index (χ4v) is 3.74. The van der Waals surface area contributed by atoms with Crippen molar-refractivity contribution < 1.29 is 39.3 Å². The second kappa shape index (κ2) is 18.0. The third kappa shape index (κ3) is 15.0. The molecule has 2 rings (SSSR count). The Morgan fingerprint density at radius 2 is 0.927 bits per heavy atom. The first-order valence-corrected chi connectivity index (χ1v) is 12.8. The lowest BCUT2D eigenvalue weighted by Gasteiger charge is -2.28. The second-order valence-electron chi connectivity index (χ2n) is 9.07. The summed E-state index contributed by atoms with van der Waals surface area (Å²) in [6, 6.07) is 10.5. The van der Waals surface area contributed by atoms with Crippen molar-refractivity contribution in [2.45, 2.75) is 13.1 Å². The Balaban J connectivity index is 1.92. The van der Waals surface area contributed by atoms with E-state index in [4.69, 9.17) is 0 Å². The first-order valence-electron chi connectivity index (χ1n) is 12.8. The van der Waals surface area contributed by atoms with Gasteiger partial charge in [0.1, 0.15) is 0 Å². The van der Waals surface area contributed by atoms with Crippen LogP contribution in [0, 0.1) is 0 Å². The first-order chi connectivity index (χ1) is 19.6. The Labute approximate surface area is 236 Å². The molecule has 0 aromatic carbocycles. The van der Waals surface area contributed by atoms with Gasteiger partial charge in [0.05, 0.1) is 57.2 Å². The Kier molecular flexibility index (Phi) is 14.4. The highest BCUT2D eigenvalue weighted by molar-refractivity contribution is 5.79. The van der Waals surface area contributed by atoms with Gasteiger partial charge in [0.2, 0.25) is 11.8 Å². The molecule has 15 nitrogen and oxygen atoms in total. The standard InChI is InChI=1S/C26H35N7O8/c34-22(29-13-20-5-1-3-7-27-20)15-32(18-25(38)39)11-9-31(17-24(36)37)10-12-33(19-26(40)41)16-23(35)30-14-21-6-2-4-8-28-21/h1-8H,9-19H2,(H,29,34)(H,30,35)(H,36,37)(H,38,39)(H,40,41). The molecule has 0 saturated heterocycles. The number of nitrogens with one attached hydrogen (secondary N) is 2. The van der Waals surface area contributed by atoms with Crippen molar-refractivity contribution in [3.05, 3.63) is 60.2 Å². The number of rotatable bonds is 20. The monoisotopic (exact) mass is 573 g/mol. The van der Waals surface area contributed by atoms with Crippen LogP contribution in [0.2, 0.25) is 0 Å². The molecule has 0 aliphatic heterocycles. The molecule has 2 heterocycles. The summed E-state index contributed by atoms with van der Waals surface area (Å²) < 4.78 is 0. The van der Waals surface area contributed by atoms with Crippen molar-refractivity contribution >= 4 is 29.7 Å². The molecule has 2 aromatic heterocycles. The van der Waals surface area contributed by atoms with Gasteiger partial charge in [0.25, 0.3) is 0 Å². The van der Waals surface area contributed by atoms with Crippen molar-refractivity contribution in [3.8, 4) is 0 Å². The van der Waals surface area contributed by atoms with E-state index in [-0.39, 0.29) is 52.4 Å². The van der Waals surface area contributed by atoms with E-state index in [2.05, 4.69) is 20.6 Å². The molecule has 2 aromatic rings. The van der Waals surface area contributed by atoms with Crippen LogP contribution >= 0.6 is 0 Å². The number of carboxylic acids is 3. The van der Waals surface area contributed by atoms with Crippen LogP contribution in [-0.2, 0) is 37.1 Å². The Morgan fingerprint density at radius 1 is 0.561 bits per heavy atom. The highest BCUT2D eigenvalue weighted by Crippen LogP contribution is 1.99. The Morgan fingerprint density at radius 3 is 1.27 bits per heavy atom. The molecule has 0 unspecified atom stereocenters.